The Bertz CT molecular complexity index is 1070. The quantitative estimate of drug-likeness (QED) is 0.684. The molecule has 3 aromatic rings. The number of nitrogens with zero attached hydrogens (tertiary/aromatic N) is 6. The molecule has 132 valence electrons. The van der Waals surface area contributed by atoms with Gasteiger partial charge in [0.2, 0.25) is 5.89 Å². The first-order chi connectivity index (χ1) is 11.9. The van der Waals surface area contributed by atoms with Gasteiger partial charge in [0, 0.05) is 14.1 Å². The third kappa shape index (κ3) is 2.32. The normalized spacial score (nSPS) is 16.8. The van der Waals surface area contributed by atoms with Crippen LogP contribution in [0.25, 0.3) is 11.2 Å². The Morgan fingerprint density at radius 1 is 1.28 bits per heavy atom. The highest BCUT2D eigenvalue weighted by Gasteiger charge is 2.36. The fourth-order valence-corrected chi connectivity index (χ4v) is 3.42. The van der Waals surface area contributed by atoms with E-state index in [2.05, 4.69) is 15.1 Å². The summed E-state index contributed by atoms with van der Waals surface area (Å²) in [4.78, 5) is 33.6. The van der Waals surface area contributed by atoms with Crippen molar-refractivity contribution < 1.29 is 4.52 Å². The highest BCUT2D eigenvalue weighted by Crippen LogP contribution is 2.34. The van der Waals surface area contributed by atoms with Gasteiger partial charge in [0.15, 0.2) is 17.0 Å². The van der Waals surface area contributed by atoms with Gasteiger partial charge in [-0.15, -0.1) is 0 Å². The third-order valence-electron chi connectivity index (χ3n) is 4.90. The highest BCUT2D eigenvalue weighted by atomic mass is 16.5. The van der Waals surface area contributed by atoms with E-state index in [-0.39, 0.29) is 12.4 Å². The van der Waals surface area contributed by atoms with Gasteiger partial charge in [0.25, 0.3) is 5.56 Å². The van der Waals surface area contributed by atoms with Crippen LogP contribution in [0.2, 0.25) is 0 Å². The Kier molecular flexibility index (Phi) is 3.39. The maximum Gasteiger partial charge on any atom is 0.332 e. The molecule has 2 N–H and O–H groups in total. The first-order valence-electron chi connectivity index (χ1n) is 8.13. The second-order valence-corrected chi connectivity index (χ2v) is 6.64. The van der Waals surface area contributed by atoms with E-state index in [1.54, 1.807) is 18.7 Å². The molecule has 0 unspecified atom stereocenters. The lowest BCUT2D eigenvalue weighted by atomic mass is 9.99. The van der Waals surface area contributed by atoms with Crippen LogP contribution < -0.4 is 17.0 Å². The summed E-state index contributed by atoms with van der Waals surface area (Å²) >= 11 is 0. The van der Waals surface area contributed by atoms with Crippen LogP contribution in [-0.2, 0) is 26.2 Å². The molecule has 4 rings (SSSR count). The van der Waals surface area contributed by atoms with E-state index in [1.165, 1.54) is 10.9 Å². The number of rotatable bonds is 3. The molecule has 0 radical (unpaired) electrons. The molecular formula is C15H19N7O3. The van der Waals surface area contributed by atoms with Crippen LogP contribution in [0, 0.1) is 0 Å². The number of imidazole rings is 1. The summed E-state index contributed by atoms with van der Waals surface area (Å²) in [5.74, 6) is 0.624. The van der Waals surface area contributed by atoms with Crippen molar-refractivity contribution in [2.45, 2.75) is 37.8 Å². The molecular weight excluding hydrogens is 326 g/mol. The topological polar surface area (TPSA) is 127 Å². The van der Waals surface area contributed by atoms with Crippen LogP contribution in [0.1, 0.15) is 37.4 Å². The van der Waals surface area contributed by atoms with Gasteiger partial charge in [-0.05, 0) is 12.8 Å². The molecule has 0 aliphatic heterocycles. The van der Waals surface area contributed by atoms with Crippen LogP contribution in [0.4, 0.5) is 0 Å². The molecule has 10 heteroatoms. The number of aryl methyl sites for hydroxylation is 2. The molecule has 1 aliphatic rings. The standard InChI is InChI=1S/C15H19N7O3/c1-20-8-17-11-10(20)12(23)22(14(24)21(11)2)7-9-18-13(19-25-9)15(16)5-3-4-6-15/h8H,3-7,16H2,1-2H3. The van der Waals surface area contributed by atoms with Gasteiger partial charge in [-0.3, -0.25) is 9.36 Å². The fourth-order valence-electron chi connectivity index (χ4n) is 3.42. The molecule has 0 atom stereocenters. The zero-order valence-electron chi connectivity index (χ0n) is 14.1. The first-order valence-corrected chi connectivity index (χ1v) is 8.13. The summed E-state index contributed by atoms with van der Waals surface area (Å²) in [7, 11) is 3.27. The highest BCUT2D eigenvalue weighted by molar-refractivity contribution is 5.69. The molecule has 3 aromatic heterocycles. The Morgan fingerprint density at radius 2 is 2.00 bits per heavy atom. The number of nitrogens with two attached hydrogens (primary N) is 1. The SMILES string of the molecule is Cn1cnc2c1c(=O)n(Cc1nc(C3(N)CCCC3)no1)c(=O)n2C. The molecule has 3 heterocycles. The van der Waals surface area contributed by atoms with Crippen LogP contribution in [0.15, 0.2) is 20.4 Å². The van der Waals surface area contributed by atoms with E-state index >= 15 is 0 Å². The summed E-state index contributed by atoms with van der Waals surface area (Å²) in [6.45, 7) is -0.101. The lowest BCUT2D eigenvalue weighted by molar-refractivity contribution is 0.342. The van der Waals surface area contributed by atoms with Crippen molar-refractivity contribution in [3.05, 3.63) is 38.9 Å². The van der Waals surface area contributed by atoms with Crippen molar-refractivity contribution >= 4 is 11.2 Å². The second-order valence-electron chi connectivity index (χ2n) is 6.64. The van der Waals surface area contributed by atoms with Gasteiger partial charge in [-0.2, -0.15) is 4.98 Å². The van der Waals surface area contributed by atoms with Gasteiger partial charge < -0.3 is 14.8 Å². The smallest absolute Gasteiger partial charge is 0.332 e. The summed E-state index contributed by atoms with van der Waals surface area (Å²) in [6.07, 6.45) is 5.15. The maximum atomic E-state index is 12.7. The van der Waals surface area contributed by atoms with Gasteiger partial charge in [-0.25, -0.2) is 14.3 Å². The minimum absolute atomic E-state index is 0.101. The van der Waals surface area contributed by atoms with Gasteiger partial charge in [0.05, 0.1) is 11.9 Å². The predicted octanol–water partition coefficient (Wildman–Crippen LogP) is -0.407. The molecule has 0 aromatic carbocycles. The Hall–Kier alpha value is -2.75. The zero-order valence-corrected chi connectivity index (χ0v) is 14.1. The minimum Gasteiger partial charge on any atom is -0.337 e. The minimum atomic E-state index is -0.580. The summed E-state index contributed by atoms with van der Waals surface area (Å²) in [6, 6.07) is 0. The average molecular weight is 345 g/mol. The Morgan fingerprint density at radius 3 is 2.72 bits per heavy atom. The van der Waals surface area contributed by atoms with E-state index in [0.717, 1.165) is 30.3 Å². The van der Waals surface area contributed by atoms with Crippen molar-refractivity contribution in [3.63, 3.8) is 0 Å². The molecule has 10 nitrogen and oxygen atoms in total. The maximum absolute atomic E-state index is 12.7. The van der Waals surface area contributed by atoms with E-state index in [0.29, 0.717) is 17.0 Å². The largest absolute Gasteiger partial charge is 0.337 e. The molecule has 1 saturated carbocycles. The van der Waals surface area contributed by atoms with E-state index < -0.39 is 16.8 Å². The summed E-state index contributed by atoms with van der Waals surface area (Å²) in [5, 5.41) is 3.96. The van der Waals surface area contributed by atoms with Crippen LogP contribution in [0.3, 0.4) is 0 Å². The van der Waals surface area contributed by atoms with Crippen LogP contribution in [-0.4, -0.2) is 28.8 Å². The Balaban J connectivity index is 1.77. The summed E-state index contributed by atoms with van der Waals surface area (Å²) in [5.41, 5.74) is 5.49. The van der Waals surface area contributed by atoms with Crippen LogP contribution in [0.5, 0.6) is 0 Å². The second kappa shape index (κ2) is 5.38. The number of hydrogen-bond acceptors (Lipinski definition) is 7. The molecule has 25 heavy (non-hydrogen) atoms. The molecule has 1 aliphatic carbocycles. The predicted molar refractivity (Wildman–Crippen MR) is 87.9 cm³/mol. The monoisotopic (exact) mass is 345 g/mol. The zero-order chi connectivity index (χ0) is 17.8. The molecule has 0 bridgehead atoms. The first kappa shape index (κ1) is 15.8. The van der Waals surface area contributed by atoms with Crippen molar-refractivity contribution in [1.82, 2.24) is 28.8 Å². The van der Waals surface area contributed by atoms with Crippen molar-refractivity contribution in [2.75, 3.05) is 0 Å². The van der Waals surface area contributed by atoms with E-state index in [4.69, 9.17) is 10.3 Å². The molecule has 0 saturated heterocycles. The lowest BCUT2D eigenvalue weighted by Crippen LogP contribution is -2.40. The van der Waals surface area contributed by atoms with Crippen molar-refractivity contribution in [2.24, 2.45) is 19.8 Å². The third-order valence-corrected chi connectivity index (χ3v) is 4.90. The van der Waals surface area contributed by atoms with E-state index in [9.17, 15) is 9.59 Å². The molecule has 0 spiro atoms. The van der Waals surface area contributed by atoms with E-state index in [1.807, 2.05) is 0 Å². The lowest BCUT2D eigenvalue weighted by Gasteiger charge is -2.17. The molecule has 1 fully saturated rings. The summed E-state index contributed by atoms with van der Waals surface area (Å²) < 4.78 is 9.23. The number of aromatic nitrogens is 6. The van der Waals surface area contributed by atoms with Gasteiger partial charge >= 0.3 is 5.69 Å². The Labute approximate surface area is 141 Å². The molecule has 0 amide bonds. The fraction of sp³-hybridized carbons (Fsp3) is 0.533. The average Bonchev–Trinajstić information content (AvgIpc) is 3.30. The number of hydrogen-bond donors (Lipinski definition) is 1. The van der Waals surface area contributed by atoms with Crippen LogP contribution >= 0.6 is 0 Å². The van der Waals surface area contributed by atoms with Gasteiger partial charge in [0.1, 0.15) is 6.54 Å². The number of fused-ring (bicyclic) bond motifs is 1. The van der Waals surface area contributed by atoms with Crippen molar-refractivity contribution in [1.29, 1.82) is 0 Å². The van der Waals surface area contributed by atoms with Gasteiger partial charge in [-0.1, -0.05) is 18.0 Å². The van der Waals surface area contributed by atoms with Crippen molar-refractivity contribution in [3.8, 4) is 0 Å².